The lowest BCUT2D eigenvalue weighted by Crippen LogP contribution is -2.00. The van der Waals surface area contributed by atoms with E-state index in [1.54, 1.807) is 0 Å². The quantitative estimate of drug-likeness (QED) is 0.538. The van der Waals surface area contributed by atoms with Crippen molar-refractivity contribution in [2.24, 2.45) is 0 Å². The molecule has 0 amide bonds. The van der Waals surface area contributed by atoms with Crippen LogP contribution in [0.3, 0.4) is 0 Å². The van der Waals surface area contributed by atoms with Crippen LogP contribution in [0, 0.1) is 11.6 Å². The Hall–Kier alpha value is -1.45. The molecule has 0 heterocycles. The maximum absolute atomic E-state index is 12.8. The van der Waals surface area contributed by atoms with E-state index in [0.29, 0.717) is 12.4 Å². The molecule has 0 aliphatic carbocycles. The van der Waals surface area contributed by atoms with Crippen molar-refractivity contribution in [2.75, 3.05) is 5.73 Å². The van der Waals surface area contributed by atoms with Crippen molar-refractivity contribution in [3.05, 3.63) is 29.3 Å². The van der Waals surface area contributed by atoms with E-state index in [9.17, 15) is 13.6 Å². The van der Waals surface area contributed by atoms with Gasteiger partial charge in [0.15, 0.2) is 0 Å². The van der Waals surface area contributed by atoms with E-state index in [2.05, 4.69) is 0 Å². The van der Waals surface area contributed by atoms with Crippen molar-refractivity contribution in [3.63, 3.8) is 0 Å². The fraction of sp³-hybridized carbons (Fsp3) is 0.125. The van der Waals surface area contributed by atoms with Gasteiger partial charge >= 0.3 is 0 Å². The molecule has 4 heteroatoms. The zero-order valence-corrected chi connectivity index (χ0v) is 6.18. The summed E-state index contributed by atoms with van der Waals surface area (Å²) in [4.78, 5) is 10.0. The van der Waals surface area contributed by atoms with Crippen LogP contribution in [0.2, 0.25) is 0 Å². The predicted molar refractivity (Wildman–Crippen MR) is 40.5 cm³/mol. The number of hydrogen-bond acceptors (Lipinski definition) is 2. The van der Waals surface area contributed by atoms with E-state index in [-0.39, 0.29) is 17.7 Å². The first-order valence-corrected chi connectivity index (χ1v) is 3.32. The Balaban J connectivity index is 3.18. The van der Waals surface area contributed by atoms with Gasteiger partial charge < -0.3 is 10.5 Å². The van der Waals surface area contributed by atoms with E-state index in [1.807, 2.05) is 0 Å². The van der Waals surface area contributed by atoms with Crippen molar-refractivity contribution in [2.45, 2.75) is 6.42 Å². The molecule has 0 saturated heterocycles. The lowest BCUT2D eigenvalue weighted by molar-refractivity contribution is -0.107. The number of carbonyl (C=O) groups is 1. The van der Waals surface area contributed by atoms with Crippen LogP contribution in [-0.2, 0) is 11.2 Å². The van der Waals surface area contributed by atoms with Gasteiger partial charge in [0.25, 0.3) is 0 Å². The Labute approximate surface area is 68.0 Å². The lowest BCUT2D eigenvalue weighted by atomic mass is 10.1. The summed E-state index contributed by atoms with van der Waals surface area (Å²) in [5.41, 5.74) is 5.29. The van der Waals surface area contributed by atoms with E-state index in [4.69, 9.17) is 5.73 Å². The van der Waals surface area contributed by atoms with Crippen LogP contribution in [-0.4, -0.2) is 6.29 Å². The molecule has 0 bridgehead atoms. The van der Waals surface area contributed by atoms with Crippen molar-refractivity contribution in [3.8, 4) is 0 Å². The molecule has 0 saturated carbocycles. The van der Waals surface area contributed by atoms with Crippen LogP contribution < -0.4 is 5.73 Å². The molecule has 0 fully saturated rings. The molecular formula is C8H7F2NO. The molecule has 1 aromatic carbocycles. The zero-order chi connectivity index (χ0) is 9.14. The molecule has 0 spiro atoms. The molecule has 0 atom stereocenters. The van der Waals surface area contributed by atoms with Crippen LogP contribution in [0.15, 0.2) is 12.1 Å². The van der Waals surface area contributed by atoms with Crippen molar-refractivity contribution in [1.29, 1.82) is 0 Å². The highest BCUT2D eigenvalue weighted by atomic mass is 19.1. The summed E-state index contributed by atoms with van der Waals surface area (Å²) in [5, 5.41) is 0. The first-order valence-electron chi connectivity index (χ1n) is 3.32. The summed E-state index contributed by atoms with van der Waals surface area (Å²) in [5.74, 6) is -1.51. The first-order chi connectivity index (χ1) is 5.65. The number of anilines is 1. The third-order valence-corrected chi connectivity index (χ3v) is 1.48. The summed E-state index contributed by atoms with van der Waals surface area (Å²) >= 11 is 0. The number of benzene rings is 1. The number of rotatable bonds is 2. The number of hydrogen-bond donors (Lipinski definition) is 1. The topological polar surface area (TPSA) is 43.1 Å². The second-order valence-corrected chi connectivity index (χ2v) is 2.33. The Kier molecular flexibility index (Phi) is 2.38. The number of aldehydes is 1. The van der Waals surface area contributed by atoms with Crippen LogP contribution in [0.4, 0.5) is 14.5 Å². The van der Waals surface area contributed by atoms with Gasteiger partial charge in [-0.3, -0.25) is 0 Å². The van der Waals surface area contributed by atoms with E-state index < -0.39 is 11.6 Å². The van der Waals surface area contributed by atoms with Crippen LogP contribution in [0.1, 0.15) is 5.56 Å². The van der Waals surface area contributed by atoms with E-state index >= 15 is 0 Å². The van der Waals surface area contributed by atoms with E-state index in [0.717, 1.165) is 6.07 Å². The highest BCUT2D eigenvalue weighted by Crippen LogP contribution is 2.17. The van der Waals surface area contributed by atoms with Crippen molar-refractivity contribution < 1.29 is 13.6 Å². The summed E-state index contributed by atoms with van der Waals surface area (Å²) in [6, 6.07) is 1.69. The van der Waals surface area contributed by atoms with Gasteiger partial charge in [-0.2, -0.15) is 0 Å². The molecule has 1 aromatic rings. The first kappa shape index (κ1) is 8.64. The minimum atomic E-state index is -0.778. The van der Waals surface area contributed by atoms with Gasteiger partial charge in [0.2, 0.25) is 0 Å². The Bertz CT molecular complexity index is 289. The van der Waals surface area contributed by atoms with Crippen molar-refractivity contribution >= 4 is 12.0 Å². The molecular weight excluding hydrogens is 164 g/mol. The molecule has 2 N–H and O–H groups in total. The van der Waals surface area contributed by atoms with Gasteiger partial charge in [-0.15, -0.1) is 0 Å². The SMILES string of the molecule is Nc1cc(F)cc(F)c1CC=O. The molecule has 0 aliphatic rings. The normalized spacial score (nSPS) is 9.83. The van der Waals surface area contributed by atoms with Crippen LogP contribution >= 0.6 is 0 Å². The van der Waals surface area contributed by atoms with Crippen molar-refractivity contribution in [1.82, 2.24) is 0 Å². The molecule has 12 heavy (non-hydrogen) atoms. The summed E-state index contributed by atoms with van der Waals surface area (Å²) in [6.07, 6.45) is 0.393. The molecule has 0 radical (unpaired) electrons. The molecule has 1 rings (SSSR count). The van der Waals surface area contributed by atoms with Gasteiger partial charge in [-0.1, -0.05) is 0 Å². The standard InChI is InChI=1S/C8H7F2NO/c9-5-3-7(10)6(1-2-12)8(11)4-5/h2-4H,1,11H2. The maximum atomic E-state index is 12.8. The Morgan fingerprint density at radius 1 is 1.42 bits per heavy atom. The monoisotopic (exact) mass is 171 g/mol. The number of carbonyl (C=O) groups excluding carboxylic acids is 1. The predicted octanol–water partition coefficient (Wildman–Crippen LogP) is 1.29. The third kappa shape index (κ3) is 1.58. The second-order valence-electron chi connectivity index (χ2n) is 2.33. The van der Waals surface area contributed by atoms with E-state index in [1.165, 1.54) is 0 Å². The van der Waals surface area contributed by atoms with Gasteiger partial charge in [-0.25, -0.2) is 8.78 Å². The van der Waals surface area contributed by atoms with Gasteiger partial charge in [0, 0.05) is 23.7 Å². The Morgan fingerprint density at radius 3 is 2.58 bits per heavy atom. The summed E-state index contributed by atoms with van der Waals surface area (Å²) < 4.78 is 25.3. The molecule has 64 valence electrons. The Morgan fingerprint density at radius 2 is 2.08 bits per heavy atom. The maximum Gasteiger partial charge on any atom is 0.131 e. The zero-order valence-electron chi connectivity index (χ0n) is 6.18. The highest BCUT2D eigenvalue weighted by molar-refractivity contribution is 5.61. The van der Waals surface area contributed by atoms with Gasteiger partial charge in [0.1, 0.15) is 17.9 Å². The largest absolute Gasteiger partial charge is 0.398 e. The number of nitrogens with two attached hydrogens (primary N) is 1. The minimum absolute atomic E-state index is 0.0281. The van der Waals surface area contributed by atoms with Crippen LogP contribution in [0.25, 0.3) is 0 Å². The summed E-state index contributed by atoms with van der Waals surface area (Å²) in [6.45, 7) is 0. The number of halogens is 2. The molecule has 2 nitrogen and oxygen atoms in total. The van der Waals surface area contributed by atoms with Crippen LogP contribution in [0.5, 0.6) is 0 Å². The molecule has 0 aromatic heterocycles. The average molecular weight is 171 g/mol. The second kappa shape index (κ2) is 3.30. The highest BCUT2D eigenvalue weighted by Gasteiger charge is 2.07. The minimum Gasteiger partial charge on any atom is -0.398 e. The lowest BCUT2D eigenvalue weighted by Gasteiger charge is -2.02. The smallest absolute Gasteiger partial charge is 0.131 e. The number of nitrogen functional groups attached to an aromatic ring is 1. The summed E-state index contributed by atoms with van der Waals surface area (Å²) in [7, 11) is 0. The van der Waals surface area contributed by atoms with Gasteiger partial charge in [0.05, 0.1) is 0 Å². The van der Waals surface area contributed by atoms with Gasteiger partial charge in [-0.05, 0) is 6.07 Å². The fourth-order valence-electron chi connectivity index (χ4n) is 0.922. The molecule has 0 aliphatic heterocycles. The fourth-order valence-corrected chi connectivity index (χ4v) is 0.922. The third-order valence-electron chi connectivity index (χ3n) is 1.48. The molecule has 0 unspecified atom stereocenters. The average Bonchev–Trinajstić information content (AvgIpc) is 1.96.